The summed E-state index contributed by atoms with van der Waals surface area (Å²) >= 11 is 0. The first-order valence-corrected chi connectivity index (χ1v) is 9.95. The Morgan fingerprint density at radius 2 is 0.633 bits per heavy atom. The quantitative estimate of drug-likeness (QED) is 0.384. The average Bonchev–Trinajstić information content (AvgIpc) is 2.76. The molecule has 1 saturated carbocycles. The van der Waals surface area contributed by atoms with Crippen LogP contribution in [0.4, 0.5) is 0 Å². The van der Waals surface area contributed by atoms with Crippen molar-refractivity contribution in [2.45, 2.75) is 23.7 Å². The third kappa shape index (κ3) is 3.98. The molecule has 0 amide bonds. The molecule has 1 fully saturated rings. The molecule has 0 aliphatic heterocycles. The number of rotatable bonds is 4. The molecule has 5 rings (SSSR count). The third-order valence-electron chi connectivity index (χ3n) is 6.17. The summed E-state index contributed by atoms with van der Waals surface area (Å²) in [7, 11) is 0. The number of halogens is 2. The number of aromatic amines is 2. The van der Waals surface area contributed by atoms with E-state index in [4.69, 9.17) is 0 Å². The number of hydrogen-bond acceptors (Lipinski definition) is 0. The van der Waals surface area contributed by atoms with Gasteiger partial charge in [0.1, 0.15) is 0 Å². The second-order valence-electron chi connectivity index (χ2n) is 7.59. The predicted molar refractivity (Wildman–Crippen MR) is 110 cm³/mol. The zero-order chi connectivity index (χ0) is 18.8. The zero-order valence-electron chi connectivity index (χ0n) is 16.5. The van der Waals surface area contributed by atoms with Crippen LogP contribution in [0, 0.1) is 0 Å². The van der Waals surface area contributed by atoms with E-state index in [1.165, 1.54) is 22.3 Å². The predicted octanol–water partition coefficient (Wildman–Crippen LogP) is -1.23. The summed E-state index contributed by atoms with van der Waals surface area (Å²) in [6, 6.07) is 31.0. The third-order valence-corrected chi connectivity index (χ3v) is 6.17. The number of benzene rings is 2. The fourth-order valence-corrected chi connectivity index (χ4v) is 5.00. The Morgan fingerprint density at radius 1 is 0.367 bits per heavy atom. The fourth-order valence-electron chi connectivity index (χ4n) is 5.00. The monoisotopic (exact) mass is 434 g/mol. The molecular formula is C26H24Cl2N2. The lowest BCUT2D eigenvalue weighted by molar-refractivity contribution is -0.378. The van der Waals surface area contributed by atoms with E-state index >= 15 is 0 Å². The van der Waals surface area contributed by atoms with E-state index < -0.39 is 0 Å². The van der Waals surface area contributed by atoms with Gasteiger partial charge in [0.15, 0.2) is 24.8 Å². The molecule has 30 heavy (non-hydrogen) atoms. The summed E-state index contributed by atoms with van der Waals surface area (Å²) in [5.74, 6) is 1.81. The number of H-pyrrole nitrogens is 2. The lowest BCUT2D eigenvalue weighted by Crippen LogP contribution is -3.00. The van der Waals surface area contributed by atoms with Crippen LogP contribution in [0.25, 0.3) is 0 Å². The molecule has 0 bridgehead atoms. The summed E-state index contributed by atoms with van der Waals surface area (Å²) in [5.41, 5.74) is 5.65. The van der Waals surface area contributed by atoms with Crippen LogP contribution in [0.15, 0.2) is 110 Å². The first-order chi connectivity index (χ1) is 13.9. The summed E-state index contributed by atoms with van der Waals surface area (Å²) < 4.78 is 0. The van der Waals surface area contributed by atoms with E-state index in [-0.39, 0.29) is 24.8 Å². The van der Waals surface area contributed by atoms with Gasteiger partial charge in [0.2, 0.25) is 0 Å². The Labute approximate surface area is 190 Å². The van der Waals surface area contributed by atoms with Crippen molar-refractivity contribution in [3.05, 3.63) is 132 Å². The number of hydrogen-bond donors (Lipinski definition) is 0. The molecular weight excluding hydrogens is 411 g/mol. The van der Waals surface area contributed by atoms with Crippen molar-refractivity contribution in [3.63, 3.8) is 0 Å². The lowest BCUT2D eigenvalue weighted by atomic mass is 9.49. The smallest absolute Gasteiger partial charge is 0.167 e. The first kappa shape index (κ1) is 22.0. The molecule has 0 saturated heterocycles. The van der Waals surface area contributed by atoms with Gasteiger partial charge in [-0.25, -0.2) is 9.97 Å². The summed E-state index contributed by atoms with van der Waals surface area (Å²) in [6.07, 6.45) is 8.18. The van der Waals surface area contributed by atoms with Gasteiger partial charge in [-0.05, 0) is 45.9 Å². The van der Waals surface area contributed by atoms with Gasteiger partial charge < -0.3 is 24.8 Å². The van der Waals surface area contributed by atoms with Crippen LogP contribution in [-0.2, 0) is 0 Å². The van der Waals surface area contributed by atoms with Crippen molar-refractivity contribution in [3.8, 4) is 0 Å². The van der Waals surface area contributed by atoms with E-state index in [9.17, 15) is 0 Å². The molecule has 2 N–H and O–H groups in total. The largest absolute Gasteiger partial charge is 1.00 e. The molecule has 2 aromatic heterocycles. The van der Waals surface area contributed by atoms with E-state index in [0.717, 1.165) is 0 Å². The maximum Gasteiger partial charge on any atom is 0.167 e. The van der Waals surface area contributed by atoms with Gasteiger partial charge in [-0.15, -0.1) is 0 Å². The van der Waals surface area contributed by atoms with Crippen LogP contribution in [0.1, 0.15) is 45.9 Å². The standard InChI is InChI=1S/C26H22N2.2ClH/c1-3-7-19(8-4-1)23-24(20-9-5-2-6-10-20)26(22-13-17-28-18-14-22)25(23)21-11-15-27-16-12-21;;/h1-18,23-26H;2*1H/t23-,24+,25+,26-;;. The van der Waals surface area contributed by atoms with Gasteiger partial charge >= 0.3 is 0 Å². The summed E-state index contributed by atoms with van der Waals surface area (Å²) in [5, 5.41) is 0. The molecule has 0 spiro atoms. The Kier molecular flexibility index (Phi) is 7.25. The molecule has 2 nitrogen and oxygen atoms in total. The van der Waals surface area contributed by atoms with Crippen molar-refractivity contribution >= 4 is 0 Å². The molecule has 2 heterocycles. The van der Waals surface area contributed by atoms with Crippen LogP contribution >= 0.6 is 0 Å². The molecule has 2 aromatic carbocycles. The van der Waals surface area contributed by atoms with Crippen LogP contribution in [0.3, 0.4) is 0 Å². The highest BCUT2D eigenvalue weighted by Gasteiger charge is 2.52. The van der Waals surface area contributed by atoms with Gasteiger partial charge in [0.25, 0.3) is 0 Å². The highest BCUT2D eigenvalue weighted by Crippen LogP contribution is 2.66. The summed E-state index contributed by atoms with van der Waals surface area (Å²) in [4.78, 5) is 6.37. The average molecular weight is 435 g/mol. The summed E-state index contributed by atoms with van der Waals surface area (Å²) in [6.45, 7) is 0. The molecule has 4 aromatic rings. The minimum atomic E-state index is 0. The maximum atomic E-state index is 3.18. The van der Waals surface area contributed by atoms with Crippen molar-refractivity contribution in [1.82, 2.24) is 0 Å². The van der Waals surface area contributed by atoms with E-state index in [0.29, 0.717) is 23.7 Å². The second kappa shape index (κ2) is 9.88. The van der Waals surface area contributed by atoms with Crippen molar-refractivity contribution in [2.24, 2.45) is 0 Å². The van der Waals surface area contributed by atoms with Crippen LogP contribution in [-0.4, -0.2) is 0 Å². The molecule has 152 valence electrons. The van der Waals surface area contributed by atoms with Gasteiger partial charge in [0.05, 0.1) is 0 Å². The van der Waals surface area contributed by atoms with E-state index in [1.54, 1.807) is 0 Å². The van der Waals surface area contributed by atoms with Crippen LogP contribution in [0.2, 0.25) is 0 Å². The minimum absolute atomic E-state index is 0. The minimum Gasteiger partial charge on any atom is -1.00 e. The Morgan fingerprint density at radius 3 is 0.933 bits per heavy atom. The van der Waals surface area contributed by atoms with E-state index in [1.807, 2.05) is 24.8 Å². The molecule has 1 aliphatic carbocycles. The highest BCUT2D eigenvalue weighted by molar-refractivity contribution is 5.47. The van der Waals surface area contributed by atoms with Crippen molar-refractivity contribution in [2.75, 3.05) is 0 Å². The zero-order valence-corrected chi connectivity index (χ0v) is 18.0. The number of pyridine rings is 2. The Balaban J connectivity index is 0.00000128. The SMILES string of the molecule is [Cl-].[Cl-].c1ccc([C@@H]2[C@H](c3ccccc3)[C@@H](c3cc[nH+]cc3)[C@H]2c2cc[nH+]cc2)cc1. The van der Waals surface area contributed by atoms with Gasteiger partial charge in [0, 0.05) is 24.3 Å². The van der Waals surface area contributed by atoms with Gasteiger partial charge in [-0.2, -0.15) is 0 Å². The highest BCUT2D eigenvalue weighted by atomic mass is 35.5. The maximum absolute atomic E-state index is 3.18. The lowest BCUT2D eigenvalue weighted by Gasteiger charge is -2.53. The van der Waals surface area contributed by atoms with Crippen LogP contribution < -0.4 is 34.8 Å². The van der Waals surface area contributed by atoms with E-state index in [2.05, 4.69) is 94.9 Å². The normalized spacial score (nSPS) is 22.1. The molecule has 4 heteroatoms. The van der Waals surface area contributed by atoms with Crippen molar-refractivity contribution < 1.29 is 34.8 Å². The van der Waals surface area contributed by atoms with Gasteiger partial charge in [-0.1, -0.05) is 60.7 Å². The number of aromatic nitrogens is 2. The molecule has 0 unspecified atom stereocenters. The topological polar surface area (TPSA) is 28.3 Å². The molecule has 1 aliphatic rings. The molecule has 0 radical (unpaired) electrons. The van der Waals surface area contributed by atoms with Gasteiger partial charge in [-0.3, -0.25) is 0 Å². The van der Waals surface area contributed by atoms with Crippen molar-refractivity contribution in [1.29, 1.82) is 0 Å². The number of nitrogens with one attached hydrogen (secondary N) is 2. The first-order valence-electron chi connectivity index (χ1n) is 9.95. The Hall–Kier alpha value is -2.68. The fraction of sp³-hybridized carbons (Fsp3) is 0.154. The van der Waals surface area contributed by atoms with Crippen LogP contribution in [0.5, 0.6) is 0 Å². The molecule has 4 atom stereocenters. The Bertz CT molecular complexity index is 846. The second-order valence-corrected chi connectivity index (χ2v) is 7.59.